The summed E-state index contributed by atoms with van der Waals surface area (Å²) in [7, 11) is 4.55. The lowest BCUT2D eigenvalue weighted by Crippen LogP contribution is -2.50. The van der Waals surface area contributed by atoms with E-state index < -0.39 is 0 Å². The van der Waals surface area contributed by atoms with Gasteiger partial charge in [-0.2, -0.15) is 0 Å². The highest BCUT2D eigenvalue weighted by atomic mass is 16.5. The highest BCUT2D eigenvalue weighted by Gasteiger charge is 2.26. The predicted molar refractivity (Wildman–Crippen MR) is 154 cm³/mol. The molecule has 1 saturated heterocycles. The second kappa shape index (κ2) is 13.6. The second-order valence-corrected chi connectivity index (χ2v) is 9.33. The number of amides is 2. The lowest BCUT2D eigenvalue weighted by atomic mass is 9.97. The Morgan fingerprint density at radius 1 is 0.750 bits per heavy atom. The van der Waals surface area contributed by atoms with Crippen molar-refractivity contribution >= 4 is 17.4 Å². The largest absolute Gasteiger partial charge is 0.494 e. The standard InChI is InChI=1S/C32H36N2O6/c1-5-19-40-26-13-11-24(12-14-26)27(23-9-7-6-8-10-23)22-30(35)33-15-17-34(18-16-33)32(36)25-20-28(37-2)31(39-4)29(21-25)38-3/h6-14,20-22H,5,15-19H2,1-4H3. The van der Waals surface area contributed by atoms with Gasteiger partial charge in [-0.3, -0.25) is 9.59 Å². The van der Waals surface area contributed by atoms with Gasteiger partial charge in [0.1, 0.15) is 5.75 Å². The first-order valence-electron chi connectivity index (χ1n) is 13.4. The van der Waals surface area contributed by atoms with Gasteiger partial charge in [0.15, 0.2) is 11.5 Å². The molecule has 0 spiro atoms. The summed E-state index contributed by atoms with van der Waals surface area (Å²) in [6, 6.07) is 21.0. The maximum atomic E-state index is 13.4. The van der Waals surface area contributed by atoms with Crippen LogP contribution >= 0.6 is 0 Å². The molecule has 8 nitrogen and oxygen atoms in total. The summed E-state index contributed by atoms with van der Waals surface area (Å²) in [5.74, 6) is 1.82. The molecule has 0 saturated carbocycles. The van der Waals surface area contributed by atoms with Crippen LogP contribution in [0.1, 0.15) is 34.8 Å². The molecule has 0 unspecified atom stereocenters. The molecule has 0 atom stereocenters. The van der Waals surface area contributed by atoms with Crippen LogP contribution in [0, 0.1) is 0 Å². The fourth-order valence-corrected chi connectivity index (χ4v) is 4.63. The topological polar surface area (TPSA) is 77.5 Å². The van der Waals surface area contributed by atoms with Gasteiger partial charge in [0.05, 0.1) is 27.9 Å². The number of rotatable bonds is 10. The van der Waals surface area contributed by atoms with Gasteiger partial charge in [-0.25, -0.2) is 0 Å². The molecule has 3 aromatic carbocycles. The van der Waals surface area contributed by atoms with E-state index in [1.54, 1.807) is 28.0 Å². The first kappa shape index (κ1) is 28.5. The number of ether oxygens (including phenoxy) is 4. The fraction of sp³-hybridized carbons (Fsp3) is 0.312. The van der Waals surface area contributed by atoms with Gasteiger partial charge in [-0.15, -0.1) is 0 Å². The molecule has 0 aromatic heterocycles. The Hall–Kier alpha value is -4.46. The zero-order valence-electron chi connectivity index (χ0n) is 23.5. The van der Waals surface area contributed by atoms with Crippen LogP contribution in [0.4, 0.5) is 0 Å². The molecule has 0 bridgehead atoms. The minimum atomic E-state index is -0.155. The fourth-order valence-electron chi connectivity index (χ4n) is 4.63. The van der Waals surface area contributed by atoms with Crippen molar-refractivity contribution < 1.29 is 28.5 Å². The molecule has 1 heterocycles. The van der Waals surface area contributed by atoms with Gasteiger partial charge >= 0.3 is 0 Å². The first-order chi connectivity index (χ1) is 19.5. The normalized spacial score (nSPS) is 13.6. The zero-order valence-corrected chi connectivity index (χ0v) is 23.5. The zero-order chi connectivity index (χ0) is 28.5. The Morgan fingerprint density at radius 2 is 1.32 bits per heavy atom. The number of carbonyl (C=O) groups excluding carboxylic acids is 2. The quantitative estimate of drug-likeness (QED) is 0.338. The third-order valence-corrected chi connectivity index (χ3v) is 6.78. The summed E-state index contributed by atoms with van der Waals surface area (Å²) >= 11 is 0. The maximum absolute atomic E-state index is 13.4. The Morgan fingerprint density at radius 3 is 1.88 bits per heavy atom. The van der Waals surface area contributed by atoms with E-state index in [4.69, 9.17) is 18.9 Å². The van der Waals surface area contributed by atoms with E-state index in [0.717, 1.165) is 28.9 Å². The van der Waals surface area contributed by atoms with Crippen molar-refractivity contribution in [1.29, 1.82) is 0 Å². The number of carbonyl (C=O) groups is 2. The molecule has 0 N–H and O–H groups in total. The number of hydrogen-bond donors (Lipinski definition) is 0. The van der Waals surface area contributed by atoms with Crippen LogP contribution in [-0.2, 0) is 4.79 Å². The van der Waals surface area contributed by atoms with Crippen molar-refractivity contribution in [2.75, 3.05) is 54.1 Å². The van der Waals surface area contributed by atoms with Gasteiger partial charge in [0.25, 0.3) is 5.91 Å². The molecular formula is C32H36N2O6. The summed E-state index contributed by atoms with van der Waals surface area (Å²) in [6.07, 6.45) is 2.63. The summed E-state index contributed by atoms with van der Waals surface area (Å²) < 4.78 is 21.9. The van der Waals surface area contributed by atoms with Crippen LogP contribution in [0.25, 0.3) is 5.57 Å². The van der Waals surface area contributed by atoms with Gasteiger partial charge in [0, 0.05) is 37.8 Å². The van der Waals surface area contributed by atoms with Crippen LogP contribution in [-0.4, -0.2) is 75.7 Å². The monoisotopic (exact) mass is 544 g/mol. The van der Waals surface area contributed by atoms with Crippen molar-refractivity contribution in [3.05, 3.63) is 89.5 Å². The van der Waals surface area contributed by atoms with Gasteiger partial charge in [0.2, 0.25) is 11.7 Å². The molecule has 1 aliphatic rings. The minimum Gasteiger partial charge on any atom is -0.494 e. The Kier molecular flexibility index (Phi) is 9.67. The number of benzene rings is 3. The van der Waals surface area contributed by atoms with E-state index in [1.165, 1.54) is 21.3 Å². The molecule has 1 aliphatic heterocycles. The van der Waals surface area contributed by atoms with Crippen LogP contribution in [0.15, 0.2) is 72.8 Å². The Balaban J connectivity index is 1.49. The van der Waals surface area contributed by atoms with Crippen LogP contribution in [0.2, 0.25) is 0 Å². The highest BCUT2D eigenvalue weighted by molar-refractivity contribution is 5.99. The molecule has 2 amide bonds. The average Bonchev–Trinajstić information content (AvgIpc) is 3.02. The third kappa shape index (κ3) is 6.57. The van der Waals surface area contributed by atoms with E-state index in [-0.39, 0.29) is 11.8 Å². The molecule has 3 aromatic rings. The van der Waals surface area contributed by atoms with Gasteiger partial charge < -0.3 is 28.7 Å². The van der Waals surface area contributed by atoms with Crippen molar-refractivity contribution in [1.82, 2.24) is 9.80 Å². The van der Waals surface area contributed by atoms with E-state index in [1.807, 2.05) is 54.6 Å². The molecule has 8 heteroatoms. The van der Waals surface area contributed by atoms with E-state index >= 15 is 0 Å². The lowest BCUT2D eigenvalue weighted by Gasteiger charge is -2.34. The SMILES string of the molecule is CCCOc1ccc(C(=CC(=O)N2CCN(C(=O)c3cc(OC)c(OC)c(OC)c3)CC2)c2ccccc2)cc1. The van der Waals surface area contributed by atoms with Crippen LogP contribution in [0.5, 0.6) is 23.0 Å². The second-order valence-electron chi connectivity index (χ2n) is 9.33. The summed E-state index contributed by atoms with van der Waals surface area (Å²) in [6.45, 7) is 4.42. The van der Waals surface area contributed by atoms with Crippen molar-refractivity contribution in [2.45, 2.75) is 13.3 Å². The lowest BCUT2D eigenvalue weighted by molar-refractivity contribution is -0.127. The van der Waals surface area contributed by atoms with Crippen molar-refractivity contribution in [2.24, 2.45) is 0 Å². The van der Waals surface area contributed by atoms with E-state index in [0.29, 0.717) is 55.6 Å². The summed E-state index contributed by atoms with van der Waals surface area (Å²) in [5.41, 5.74) is 3.16. The molecule has 210 valence electrons. The van der Waals surface area contributed by atoms with Crippen LogP contribution in [0.3, 0.4) is 0 Å². The van der Waals surface area contributed by atoms with Gasteiger partial charge in [-0.05, 0) is 47.4 Å². The number of methoxy groups -OCH3 is 3. The third-order valence-electron chi connectivity index (χ3n) is 6.78. The molecule has 0 aliphatic carbocycles. The predicted octanol–water partition coefficient (Wildman–Crippen LogP) is 4.92. The molecule has 40 heavy (non-hydrogen) atoms. The average molecular weight is 545 g/mol. The van der Waals surface area contributed by atoms with Crippen LogP contribution < -0.4 is 18.9 Å². The van der Waals surface area contributed by atoms with Crippen molar-refractivity contribution in [3.63, 3.8) is 0 Å². The number of piperazine rings is 1. The van der Waals surface area contributed by atoms with Gasteiger partial charge in [-0.1, -0.05) is 49.4 Å². The number of hydrogen-bond acceptors (Lipinski definition) is 6. The number of nitrogens with zero attached hydrogens (tertiary/aromatic N) is 2. The molecule has 4 rings (SSSR count). The summed E-state index contributed by atoms with van der Waals surface area (Å²) in [4.78, 5) is 30.2. The molecular weight excluding hydrogens is 508 g/mol. The summed E-state index contributed by atoms with van der Waals surface area (Å²) in [5, 5.41) is 0. The molecule has 0 radical (unpaired) electrons. The Labute approximate surface area is 235 Å². The Bertz CT molecular complexity index is 1300. The van der Waals surface area contributed by atoms with E-state index in [9.17, 15) is 9.59 Å². The highest BCUT2D eigenvalue weighted by Crippen LogP contribution is 2.38. The minimum absolute atomic E-state index is 0.0925. The van der Waals surface area contributed by atoms with Crippen molar-refractivity contribution in [3.8, 4) is 23.0 Å². The van der Waals surface area contributed by atoms with E-state index in [2.05, 4.69) is 6.92 Å². The molecule has 1 fully saturated rings. The smallest absolute Gasteiger partial charge is 0.254 e. The maximum Gasteiger partial charge on any atom is 0.254 e. The first-order valence-corrected chi connectivity index (χ1v) is 13.4.